The minimum Gasteiger partial charge on any atom is -0.495 e. The fourth-order valence-corrected chi connectivity index (χ4v) is 6.12. The van der Waals surface area contributed by atoms with Crippen LogP contribution in [0.25, 0.3) is 16.8 Å². The number of hydrogen-bond acceptors (Lipinski definition) is 7. The highest BCUT2D eigenvalue weighted by atomic mass is 35.5. The number of morpholine rings is 1. The summed E-state index contributed by atoms with van der Waals surface area (Å²) in [5.74, 6) is 5.78. The van der Waals surface area contributed by atoms with Crippen molar-refractivity contribution in [3.05, 3.63) is 70.6 Å². The molecule has 2 unspecified atom stereocenters. The third-order valence-electron chi connectivity index (χ3n) is 7.57. The Balaban J connectivity index is 1.71. The maximum atomic E-state index is 12.3. The van der Waals surface area contributed by atoms with Crippen molar-refractivity contribution in [1.82, 2.24) is 19.6 Å². The summed E-state index contributed by atoms with van der Waals surface area (Å²) in [5.41, 5.74) is 3.95. The number of imidazole rings is 1. The molecule has 1 saturated heterocycles. The topological polar surface area (TPSA) is 89.7 Å². The number of aliphatic imine (C=N–C) groups is 1. The van der Waals surface area contributed by atoms with Gasteiger partial charge in [0.25, 0.3) is 5.91 Å². The van der Waals surface area contributed by atoms with Gasteiger partial charge in [-0.3, -0.25) is 14.7 Å². The molecule has 0 bridgehead atoms. The smallest absolute Gasteiger partial charge is 0.296 e. The van der Waals surface area contributed by atoms with Gasteiger partial charge in [-0.1, -0.05) is 47.4 Å². The lowest BCUT2D eigenvalue weighted by atomic mass is 10.00. The first-order valence-corrected chi connectivity index (χ1v) is 15.6. The number of benzene rings is 1. The maximum absolute atomic E-state index is 12.3. The Bertz CT molecular complexity index is 1600. The van der Waals surface area contributed by atoms with Gasteiger partial charge in [0.2, 0.25) is 0 Å². The third-order valence-corrected chi connectivity index (χ3v) is 8.32. The zero-order chi connectivity index (χ0) is 32.3. The molecule has 45 heavy (non-hydrogen) atoms. The van der Waals surface area contributed by atoms with E-state index in [0.717, 1.165) is 36.3 Å². The Morgan fingerprint density at radius 2 is 1.93 bits per heavy atom. The first kappa shape index (κ1) is 34.1. The molecule has 0 saturated carbocycles. The van der Waals surface area contributed by atoms with Gasteiger partial charge < -0.3 is 23.9 Å². The van der Waals surface area contributed by atoms with Gasteiger partial charge >= 0.3 is 0 Å². The van der Waals surface area contributed by atoms with Crippen LogP contribution in [0.15, 0.2) is 54.3 Å². The van der Waals surface area contributed by atoms with E-state index in [4.69, 9.17) is 37.4 Å². The number of amides is 1. The summed E-state index contributed by atoms with van der Waals surface area (Å²) in [7, 11) is 3.10. The maximum Gasteiger partial charge on any atom is 0.296 e. The SMILES string of the molecule is C=CC(NC(=O)C#CC)C(/C=C/CCc1c(C=NCC)cc(-c2c(Cl)c(OC)cc(OC)c2Cl)c2nccn12)N1CCOCC1. The predicted molar refractivity (Wildman–Crippen MR) is 181 cm³/mol. The van der Waals surface area contributed by atoms with Gasteiger partial charge in [-0.15, -0.1) is 6.58 Å². The molecular weight excluding hydrogens is 613 g/mol. The van der Waals surface area contributed by atoms with Crippen molar-refractivity contribution in [2.45, 2.75) is 38.8 Å². The van der Waals surface area contributed by atoms with Crippen molar-refractivity contribution in [2.75, 3.05) is 47.1 Å². The van der Waals surface area contributed by atoms with Crippen molar-refractivity contribution in [1.29, 1.82) is 0 Å². The molecule has 0 radical (unpaired) electrons. The molecule has 3 aromatic rings. The van der Waals surface area contributed by atoms with Crippen LogP contribution < -0.4 is 14.8 Å². The van der Waals surface area contributed by atoms with Gasteiger partial charge in [0, 0.05) is 66.7 Å². The van der Waals surface area contributed by atoms with E-state index in [9.17, 15) is 4.79 Å². The largest absolute Gasteiger partial charge is 0.495 e. The second kappa shape index (κ2) is 16.5. The number of halogens is 2. The fraction of sp³-hybridized carbons (Fsp3) is 0.382. The molecule has 1 aromatic carbocycles. The van der Waals surface area contributed by atoms with E-state index >= 15 is 0 Å². The van der Waals surface area contributed by atoms with Gasteiger partial charge in [-0.25, -0.2) is 4.98 Å². The van der Waals surface area contributed by atoms with E-state index in [1.807, 2.05) is 25.4 Å². The van der Waals surface area contributed by atoms with Crippen LogP contribution in [0.2, 0.25) is 10.0 Å². The van der Waals surface area contributed by atoms with Crippen LogP contribution in [0.4, 0.5) is 0 Å². The van der Waals surface area contributed by atoms with E-state index in [1.165, 1.54) is 0 Å². The monoisotopic (exact) mass is 651 g/mol. The van der Waals surface area contributed by atoms with Crippen molar-refractivity contribution in [3.8, 4) is 34.5 Å². The van der Waals surface area contributed by atoms with Crippen LogP contribution in [0.5, 0.6) is 11.5 Å². The number of hydrogen-bond donors (Lipinski definition) is 1. The molecule has 1 aliphatic heterocycles. The van der Waals surface area contributed by atoms with E-state index in [0.29, 0.717) is 58.9 Å². The second-order valence-corrected chi connectivity index (χ2v) is 11.0. The Labute approximate surface area is 274 Å². The Kier molecular flexibility index (Phi) is 12.5. The van der Waals surface area contributed by atoms with Gasteiger partial charge in [-0.05, 0) is 38.7 Å². The van der Waals surface area contributed by atoms with Crippen LogP contribution >= 0.6 is 23.2 Å². The molecular formula is C34H39Cl2N5O4. The first-order valence-electron chi connectivity index (χ1n) is 14.8. The predicted octanol–water partition coefficient (Wildman–Crippen LogP) is 5.65. The lowest BCUT2D eigenvalue weighted by Gasteiger charge is -2.36. The molecule has 0 aliphatic carbocycles. The number of methoxy groups -OCH3 is 2. The number of allylic oxidation sites excluding steroid dienone is 1. The van der Waals surface area contributed by atoms with Crippen molar-refractivity contribution in [2.24, 2.45) is 4.99 Å². The minimum absolute atomic E-state index is 0.0990. The molecule has 0 spiro atoms. The number of rotatable bonds is 13. The van der Waals surface area contributed by atoms with Crippen LogP contribution in [0.3, 0.4) is 0 Å². The van der Waals surface area contributed by atoms with E-state index in [-0.39, 0.29) is 18.0 Å². The number of nitrogens with one attached hydrogen (secondary N) is 1. The summed E-state index contributed by atoms with van der Waals surface area (Å²) < 4.78 is 18.7. The van der Waals surface area contributed by atoms with E-state index < -0.39 is 0 Å². The lowest BCUT2D eigenvalue weighted by molar-refractivity contribution is -0.116. The van der Waals surface area contributed by atoms with Gasteiger partial charge in [0.1, 0.15) is 17.1 Å². The third kappa shape index (κ3) is 7.89. The molecule has 4 rings (SSSR count). The van der Waals surface area contributed by atoms with Gasteiger partial charge in [0.05, 0.1) is 49.6 Å². The average Bonchev–Trinajstić information content (AvgIpc) is 3.54. The average molecular weight is 653 g/mol. The highest BCUT2D eigenvalue weighted by molar-refractivity contribution is 6.41. The highest BCUT2D eigenvalue weighted by Gasteiger charge is 2.26. The molecule has 2 aromatic heterocycles. The molecule has 2 atom stereocenters. The zero-order valence-electron chi connectivity index (χ0n) is 26.1. The Morgan fingerprint density at radius 3 is 2.56 bits per heavy atom. The Morgan fingerprint density at radius 1 is 1.22 bits per heavy atom. The van der Waals surface area contributed by atoms with Gasteiger partial charge in [-0.2, -0.15) is 0 Å². The molecule has 1 N–H and O–H groups in total. The second-order valence-electron chi connectivity index (χ2n) is 10.2. The van der Waals surface area contributed by atoms with Crippen LogP contribution in [-0.4, -0.2) is 85.6 Å². The van der Waals surface area contributed by atoms with Crippen molar-refractivity contribution in [3.63, 3.8) is 0 Å². The minimum atomic E-state index is -0.328. The first-order chi connectivity index (χ1) is 21.9. The normalized spacial score (nSPS) is 15.2. The summed E-state index contributed by atoms with van der Waals surface area (Å²) in [6.07, 6.45) is 13.0. The van der Waals surface area contributed by atoms with E-state index in [2.05, 4.69) is 55.2 Å². The standard InChI is InChI=1S/C34H39Cl2N5O4/c1-6-11-30(42)39-25(7-2)27(40-16-18-45-19-17-40)13-10-9-12-26-23(22-37-8-3)20-24(34-38-14-15-41(26)34)31-32(35)28(43-4)21-29(44-5)33(31)36/h7,10,13-15,20-22,25,27H,2,8-9,12,16-19H2,1,3-5H3,(H,39,42)/b13-10+,37-22?. The summed E-state index contributed by atoms with van der Waals surface area (Å²) >= 11 is 13.7. The molecule has 1 fully saturated rings. The summed E-state index contributed by atoms with van der Waals surface area (Å²) in [5, 5.41) is 3.72. The molecule has 238 valence electrons. The number of nitrogens with zero attached hydrogens (tertiary/aromatic N) is 4. The lowest BCUT2D eigenvalue weighted by Crippen LogP contribution is -2.53. The van der Waals surface area contributed by atoms with Gasteiger partial charge in [0.15, 0.2) is 0 Å². The number of aryl methyl sites for hydroxylation is 1. The fourth-order valence-electron chi connectivity index (χ4n) is 5.42. The Hall–Kier alpha value is -3.81. The van der Waals surface area contributed by atoms with Crippen LogP contribution in [0, 0.1) is 11.8 Å². The number of pyridine rings is 1. The molecule has 3 heterocycles. The van der Waals surface area contributed by atoms with Crippen molar-refractivity contribution >= 4 is 41.0 Å². The quantitative estimate of drug-likeness (QED) is 0.146. The number of fused-ring (bicyclic) bond motifs is 1. The summed E-state index contributed by atoms with van der Waals surface area (Å²) in [4.78, 5) is 23.9. The zero-order valence-corrected chi connectivity index (χ0v) is 27.6. The molecule has 1 aliphatic rings. The molecule has 1 amide bonds. The molecule has 11 heteroatoms. The number of carbonyl (C=O) groups is 1. The molecule has 9 nitrogen and oxygen atoms in total. The number of carbonyl (C=O) groups excluding carboxylic acids is 1. The number of aromatic nitrogens is 2. The van der Waals surface area contributed by atoms with Crippen LogP contribution in [0.1, 0.15) is 31.5 Å². The van der Waals surface area contributed by atoms with Crippen molar-refractivity contribution < 1.29 is 19.0 Å². The number of ether oxygens (including phenoxy) is 3. The van der Waals surface area contributed by atoms with E-state index in [1.54, 1.807) is 39.5 Å². The summed E-state index contributed by atoms with van der Waals surface area (Å²) in [6, 6.07) is 3.27. The van der Waals surface area contributed by atoms with Crippen LogP contribution in [-0.2, 0) is 16.0 Å². The highest BCUT2D eigenvalue weighted by Crippen LogP contribution is 2.47. The summed E-state index contributed by atoms with van der Waals surface area (Å²) in [6.45, 7) is 11.0.